The lowest BCUT2D eigenvalue weighted by Gasteiger charge is -2.28. The monoisotopic (exact) mass is 256 g/mol. The summed E-state index contributed by atoms with van der Waals surface area (Å²) < 4.78 is 10.1. The van der Waals surface area contributed by atoms with Gasteiger partial charge in [-0.05, 0) is 33.1 Å². The molecule has 0 N–H and O–H groups in total. The molecule has 0 rings (SSSR count). The van der Waals surface area contributed by atoms with Gasteiger partial charge in [0.1, 0.15) is 0 Å². The Kier molecular flexibility index (Phi) is 8.08. The van der Waals surface area contributed by atoms with Gasteiger partial charge in [-0.15, -0.1) is 6.58 Å². The minimum Gasteiger partial charge on any atom is -0.465 e. The van der Waals surface area contributed by atoms with Crippen molar-refractivity contribution in [2.45, 2.75) is 46.5 Å². The highest BCUT2D eigenvalue weighted by atomic mass is 16.6. The predicted molar refractivity (Wildman–Crippen MR) is 70.0 cm³/mol. The number of hydrogen-bond acceptors (Lipinski definition) is 4. The minimum atomic E-state index is -1.17. The molecule has 0 fully saturated rings. The number of carbonyl (C=O) groups excluding carboxylic acids is 2. The van der Waals surface area contributed by atoms with Crippen molar-refractivity contribution >= 4 is 11.9 Å². The molecule has 4 nitrogen and oxygen atoms in total. The van der Waals surface area contributed by atoms with E-state index in [4.69, 9.17) is 9.47 Å². The first kappa shape index (κ1) is 16.7. The summed E-state index contributed by atoms with van der Waals surface area (Å²) in [5.74, 6) is -0.959. The van der Waals surface area contributed by atoms with Gasteiger partial charge < -0.3 is 9.47 Å². The van der Waals surface area contributed by atoms with Crippen LogP contribution in [0.5, 0.6) is 0 Å². The van der Waals surface area contributed by atoms with Gasteiger partial charge in [-0.25, -0.2) is 0 Å². The molecule has 18 heavy (non-hydrogen) atoms. The van der Waals surface area contributed by atoms with E-state index in [2.05, 4.69) is 6.58 Å². The number of ether oxygens (including phenoxy) is 2. The van der Waals surface area contributed by atoms with Gasteiger partial charge in [0, 0.05) is 0 Å². The Morgan fingerprint density at radius 3 is 1.89 bits per heavy atom. The third-order valence-corrected chi connectivity index (χ3v) is 2.78. The molecule has 104 valence electrons. The highest BCUT2D eigenvalue weighted by molar-refractivity contribution is 6.00. The van der Waals surface area contributed by atoms with E-state index in [-0.39, 0.29) is 13.2 Å². The van der Waals surface area contributed by atoms with Crippen LogP contribution >= 0.6 is 0 Å². The SMILES string of the molecule is C=CCCC(CCC)(C(=O)OCC)C(=O)OCC. The number of allylic oxidation sites excluding steroid dienone is 1. The maximum Gasteiger partial charge on any atom is 0.323 e. The highest BCUT2D eigenvalue weighted by Gasteiger charge is 2.47. The van der Waals surface area contributed by atoms with Crippen molar-refractivity contribution in [3.05, 3.63) is 12.7 Å². The lowest BCUT2D eigenvalue weighted by atomic mass is 9.79. The summed E-state index contributed by atoms with van der Waals surface area (Å²) >= 11 is 0. The summed E-state index contributed by atoms with van der Waals surface area (Å²) in [5.41, 5.74) is -1.17. The second-order valence-corrected chi connectivity index (χ2v) is 4.10. The lowest BCUT2D eigenvalue weighted by molar-refractivity contribution is -0.173. The van der Waals surface area contributed by atoms with Crippen molar-refractivity contribution in [1.29, 1.82) is 0 Å². The van der Waals surface area contributed by atoms with Gasteiger partial charge in [0.2, 0.25) is 0 Å². The zero-order chi connectivity index (χ0) is 14.0. The molecule has 0 spiro atoms. The molecule has 0 aliphatic rings. The fraction of sp³-hybridized carbons (Fsp3) is 0.714. The van der Waals surface area contributed by atoms with Gasteiger partial charge in [0.15, 0.2) is 5.41 Å². The smallest absolute Gasteiger partial charge is 0.323 e. The van der Waals surface area contributed by atoms with Crippen molar-refractivity contribution in [2.24, 2.45) is 5.41 Å². The first-order valence-corrected chi connectivity index (χ1v) is 6.54. The second kappa shape index (κ2) is 8.72. The Hall–Kier alpha value is -1.32. The van der Waals surface area contributed by atoms with Gasteiger partial charge in [0.05, 0.1) is 13.2 Å². The van der Waals surface area contributed by atoms with Crippen LogP contribution in [0.1, 0.15) is 46.5 Å². The molecule has 0 saturated heterocycles. The summed E-state index contributed by atoms with van der Waals surface area (Å²) in [6, 6.07) is 0. The lowest BCUT2D eigenvalue weighted by Crippen LogP contribution is -2.42. The Balaban J connectivity index is 5.17. The summed E-state index contributed by atoms with van der Waals surface area (Å²) in [5, 5.41) is 0. The van der Waals surface area contributed by atoms with E-state index in [0.717, 1.165) is 6.42 Å². The molecule has 0 radical (unpaired) electrons. The van der Waals surface area contributed by atoms with E-state index in [1.807, 2.05) is 6.92 Å². The van der Waals surface area contributed by atoms with Crippen LogP contribution in [0.2, 0.25) is 0 Å². The molecule has 0 saturated carbocycles. The zero-order valence-corrected chi connectivity index (χ0v) is 11.7. The molecule has 0 aliphatic carbocycles. The molecule has 0 unspecified atom stereocenters. The maximum absolute atomic E-state index is 12.1. The first-order chi connectivity index (χ1) is 8.58. The van der Waals surface area contributed by atoms with E-state index in [1.54, 1.807) is 19.9 Å². The molecule has 0 aromatic rings. The molecule has 0 aromatic heterocycles. The van der Waals surface area contributed by atoms with E-state index < -0.39 is 17.4 Å². The molecule has 4 heteroatoms. The van der Waals surface area contributed by atoms with Gasteiger partial charge >= 0.3 is 11.9 Å². The fourth-order valence-electron chi connectivity index (χ4n) is 1.93. The van der Waals surface area contributed by atoms with Crippen LogP contribution in [0.25, 0.3) is 0 Å². The van der Waals surface area contributed by atoms with Crippen LogP contribution in [0.3, 0.4) is 0 Å². The summed E-state index contributed by atoms with van der Waals surface area (Å²) in [6.07, 6.45) is 3.83. The Labute approximate surface area is 109 Å². The summed E-state index contributed by atoms with van der Waals surface area (Å²) in [4.78, 5) is 24.2. The molecular weight excluding hydrogens is 232 g/mol. The van der Waals surface area contributed by atoms with Crippen molar-refractivity contribution in [3.63, 3.8) is 0 Å². The number of rotatable bonds is 9. The van der Waals surface area contributed by atoms with Crippen LogP contribution in [0.15, 0.2) is 12.7 Å². The Bertz CT molecular complexity index is 266. The van der Waals surface area contributed by atoms with E-state index in [0.29, 0.717) is 19.3 Å². The summed E-state index contributed by atoms with van der Waals surface area (Å²) in [6.45, 7) is 9.54. The third-order valence-electron chi connectivity index (χ3n) is 2.78. The quantitative estimate of drug-likeness (QED) is 0.361. The fourth-order valence-corrected chi connectivity index (χ4v) is 1.93. The predicted octanol–water partition coefficient (Wildman–Crippen LogP) is 2.87. The standard InChI is InChI=1S/C14H24O4/c1-5-9-11-14(10-6-2,12(15)17-7-3)13(16)18-8-4/h5H,1,6-11H2,2-4H3. The second-order valence-electron chi connectivity index (χ2n) is 4.10. The van der Waals surface area contributed by atoms with Crippen LogP contribution in [0.4, 0.5) is 0 Å². The van der Waals surface area contributed by atoms with Crippen molar-refractivity contribution in [2.75, 3.05) is 13.2 Å². The molecule has 0 aromatic carbocycles. The van der Waals surface area contributed by atoms with Crippen LogP contribution in [0, 0.1) is 5.41 Å². The highest BCUT2D eigenvalue weighted by Crippen LogP contribution is 2.33. The normalized spacial score (nSPS) is 10.8. The van der Waals surface area contributed by atoms with E-state index >= 15 is 0 Å². The van der Waals surface area contributed by atoms with Crippen molar-refractivity contribution in [3.8, 4) is 0 Å². The first-order valence-electron chi connectivity index (χ1n) is 6.54. The Morgan fingerprint density at radius 1 is 1.06 bits per heavy atom. The van der Waals surface area contributed by atoms with Crippen LogP contribution in [-0.2, 0) is 19.1 Å². The average molecular weight is 256 g/mol. The zero-order valence-electron chi connectivity index (χ0n) is 11.7. The van der Waals surface area contributed by atoms with Gasteiger partial charge in [-0.1, -0.05) is 19.4 Å². The van der Waals surface area contributed by atoms with Gasteiger partial charge in [-0.3, -0.25) is 9.59 Å². The van der Waals surface area contributed by atoms with Crippen LogP contribution in [-0.4, -0.2) is 25.2 Å². The minimum absolute atomic E-state index is 0.262. The molecule has 0 bridgehead atoms. The number of carbonyl (C=O) groups is 2. The van der Waals surface area contributed by atoms with Gasteiger partial charge in [0.25, 0.3) is 0 Å². The Morgan fingerprint density at radius 2 is 1.56 bits per heavy atom. The molecule has 0 atom stereocenters. The van der Waals surface area contributed by atoms with E-state index in [1.165, 1.54) is 0 Å². The van der Waals surface area contributed by atoms with Crippen LogP contribution < -0.4 is 0 Å². The van der Waals surface area contributed by atoms with E-state index in [9.17, 15) is 9.59 Å². The van der Waals surface area contributed by atoms with Crippen molar-refractivity contribution in [1.82, 2.24) is 0 Å². The molecule has 0 heterocycles. The number of esters is 2. The average Bonchev–Trinajstić information content (AvgIpc) is 2.35. The molecule has 0 aliphatic heterocycles. The molecule has 0 amide bonds. The molecular formula is C14H24O4. The third kappa shape index (κ3) is 4.17. The number of hydrogen-bond donors (Lipinski definition) is 0. The summed E-state index contributed by atoms with van der Waals surface area (Å²) in [7, 11) is 0. The maximum atomic E-state index is 12.1. The van der Waals surface area contributed by atoms with Crippen molar-refractivity contribution < 1.29 is 19.1 Å². The topological polar surface area (TPSA) is 52.6 Å². The van der Waals surface area contributed by atoms with Gasteiger partial charge in [-0.2, -0.15) is 0 Å². The largest absolute Gasteiger partial charge is 0.465 e.